The average molecular weight is 383 g/mol. The van der Waals surface area contributed by atoms with E-state index < -0.39 is 0 Å². The van der Waals surface area contributed by atoms with E-state index in [0.717, 1.165) is 27.3 Å². The van der Waals surface area contributed by atoms with Gasteiger partial charge < -0.3 is 0 Å². The van der Waals surface area contributed by atoms with E-state index in [4.69, 9.17) is 0 Å². The highest BCUT2D eigenvalue weighted by Crippen LogP contribution is 2.04. The highest BCUT2D eigenvalue weighted by molar-refractivity contribution is 5.75. The number of aromatic amines is 1. The Labute approximate surface area is 163 Å². The standard InChI is InChI=1S/C7H5N3.C6H4N4.C5H4N4/c1-2-8-4-7-6(1)3-9-5-10-7;1-5-2-8-4-10-6(5)9-3-7-1;1-4-2-8-9-5(4)7-3-6-1/h1-5H;1-4H;1-3H,(H,6,7,8,9). The van der Waals surface area contributed by atoms with Crippen LogP contribution in [0.25, 0.3) is 33.0 Å². The molecule has 140 valence electrons. The van der Waals surface area contributed by atoms with Gasteiger partial charge in [0.15, 0.2) is 11.3 Å². The number of nitrogens with one attached hydrogen (secondary N) is 1. The molecule has 6 heterocycles. The van der Waals surface area contributed by atoms with Crippen molar-refractivity contribution in [3.8, 4) is 0 Å². The summed E-state index contributed by atoms with van der Waals surface area (Å²) in [4.78, 5) is 35.0. The molecule has 1 N–H and O–H groups in total. The summed E-state index contributed by atoms with van der Waals surface area (Å²) in [5, 5.41) is 9.33. The van der Waals surface area contributed by atoms with Gasteiger partial charge in [0.1, 0.15) is 25.3 Å². The van der Waals surface area contributed by atoms with Crippen LogP contribution in [-0.2, 0) is 0 Å². The lowest BCUT2D eigenvalue weighted by Gasteiger charge is -1.90. The average Bonchev–Trinajstić information content (AvgIpc) is 3.29. The molecule has 0 aliphatic heterocycles. The maximum atomic E-state index is 4.01. The summed E-state index contributed by atoms with van der Waals surface area (Å²) in [6, 6.07) is 1.88. The number of pyridine rings is 1. The Hall–Kier alpha value is -4.54. The van der Waals surface area contributed by atoms with Gasteiger partial charge in [0, 0.05) is 36.4 Å². The lowest BCUT2D eigenvalue weighted by atomic mass is 10.3. The van der Waals surface area contributed by atoms with E-state index in [-0.39, 0.29) is 0 Å². The fraction of sp³-hybridized carbons (Fsp3) is 0. The first-order chi connectivity index (χ1) is 14.4. The second kappa shape index (κ2) is 8.90. The van der Waals surface area contributed by atoms with Crippen LogP contribution in [0.2, 0.25) is 0 Å². The van der Waals surface area contributed by atoms with Gasteiger partial charge in [-0.2, -0.15) is 5.10 Å². The molecule has 6 aromatic heterocycles. The van der Waals surface area contributed by atoms with E-state index in [1.165, 1.54) is 25.3 Å². The number of H-pyrrole nitrogens is 1. The number of hydrogen-bond donors (Lipinski definition) is 1. The lowest BCUT2D eigenvalue weighted by molar-refractivity contribution is 1.09. The Morgan fingerprint density at radius 1 is 0.552 bits per heavy atom. The second-order valence-electron chi connectivity index (χ2n) is 5.48. The molecule has 0 atom stereocenters. The molecule has 11 nitrogen and oxygen atoms in total. The van der Waals surface area contributed by atoms with E-state index in [1.807, 2.05) is 6.07 Å². The van der Waals surface area contributed by atoms with Gasteiger partial charge in [-0.25, -0.2) is 39.9 Å². The van der Waals surface area contributed by atoms with Crippen molar-refractivity contribution in [2.45, 2.75) is 0 Å². The van der Waals surface area contributed by atoms with Crippen LogP contribution in [0.4, 0.5) is 0 Å². The Balaban J connectivity index is 0.000000106. The van der Waals surface area contributed by atoms with Crippen molar-refractivity contribution in [2.75, 3.05) is 0 Å². The third kappa shape index (κ3) is 4.60. The molecule has 0 amide bonds. The van der Waals surface area contributed by atoms with Gasteiger partial charge >= 0.3 is 0 Å². The smallest absolute Gasteiger partial charge is 0.165 e. The molecule has 0 aliphatic rings. The van der Waals surface area contributed by atoms with E-state index in [0.29, 0.717) is 5.65 Å². The highest BCUT2D eigenvalue weighted by Gasteiger charge is 1.91. The molecule has 6 rings (SSSR count). The second-order valence-corrected chi connectivity index (χ2v) is 5.48. The van der Waals surface area contributed by atoms with Gasteiger partial charge in [0.2, 0.25) is 0 Å². The van der Waals surface area contributed by atoms with E-state index in [9.17, 15) is 0 Å². The SMILES string of the molecule is c1cc2cncnc2cn1.c1ncc2cn[nH]c2n1.c1ncc2cncnc2n1. The van der Waals surface area contributed by atoms with Crippen molar-refractivity contribution in [2.24, 2.45) is 0 Å². The van der Waals surface area contributed by atoms with Gasteiger partial charge in [-0.05, 0) is 6.07 Å². The van der Waals surface area contributed by atoms with Crippen molar-refractivity contribution in [1.82, 2.24) is 55.1 Å². The van der Waals surface area contributed by atoms with Crippen LogP contribution in [0.15, 0.2) is 74.8 Å². The summed E-state index contributed by atoms with van der Waals surface area (Å²) in [6.45, 7) is 0. The summed E-state index contributed by atoms with van der Waals surface area (Å²) in [6.07, 6.45) is 17.9. The Morgan fingerprint density at radius 2 is 1.21 bits per heavy atom. The van der Waals surface area contributed by atoms with Crippen LogP contribution >= 0.6 is 0 Å². The molecule has 11 heteroatoms. The predicted octanol–water partition coefficient (Wildman–Crippen LogP) is 1.80. The van der Waals surface area contributed by atoms with Gasteiger partial charge in [-0.1, -0.05) is 0 Å². The summed E-state index contributed by atoms with van der Waals surface area (Å²) in [7, 11) is 0. The number of aromatic nitrogens is 11. The summed E-state index contributed by atoms with van der Waals surface area (Å²) < 4.78 is 0. The largest absolute Gasteiger partial charge is 0.262 e. The molecule has 0 saturated carbocycles. The summed E-state index contributed by atoms with van der Waals surface area (Å²) in [5.74, 6) is 0. The first-order valence-electron chi connectivity index (χ1n) is 8.35. The molecule has 0 spiro atoms. The Bertz CT molecular complexity index is 1100. The fourth-order valence-electron chi connectivity index (χ4n) is 2.25. The molecule has 0 fully saturated rings. The third-order valence-corrected chi connectivity index (χ3v) is 3.60. The zero-order valence-electron chi connectivity index (χ0n) is 14.9. The van der Waals surface area contributed by atoms with Crippen molar-refractivity contribution < 1.29 is 0 Å². The minimum atomic E-state index is 0.685. The lowest BCUT2D eigenvalue weighted by Crippen LogP contribution is -1.84. The number of nitrogens with zero attached hydrogens (tertiary/aromatic N) is 10. The number of rotatable bonds is 0. The molecule has 0 bridgehead atoms. The molecule has 0 aliphatic carbocycles. The molecular formula is C18H13N11. The molecule has 0 aromatic carbocycles. The normalized spacial score (nSPS) is 10.1. The van der Waals surface area contributed by atoms with Crippen molar-refractivity contribution in [1.29, 1.82) is 0 Å². The van der Waals surface area contributed by atoms with E-state index in [1.54, 1.807) is 43.4 Å². The maximum Gasteiger partial charge on any atom is 0.165 e. The Kier molecular flexibility index (Phi) is 5.48. The van der Waals surface area contributed by atoms with Crippen LogP contribution in [0.3, 0.4) is 0 Å². The van der Waals surface area contributed by atoms with Crippen molar-refractivity contribution in [3.63, 3.8) is 0 Å². The first kappa shape index (κ1) is 17.9. The first-order valence-corrected chi connectivity index (χ1v) is 8.35. The molecule has 6 aromatic rings. The van der Waals surface area contributed by atoms with Crippen LogP contribution in [0, 0.1) is 0 Å². The molecule has 29 heavy (non-hydrogen) atoms. The van der Waals surface area contributed by atoms with Crippen LogP contribution in [-0.4, -0.2) is 55.1 Å². The topological polar surface area (TPSA) is 145 Å². The fourth-order valence-corrected chi connectivity index (χ4v) is 2.25. The van der Waals surface area contributed by atoms with Crippen LogP contribution < -0.4 is 0 Å². The van der Waals surface area contributed by atoms with Gasteiger partial charge in [0.05, 0.1) is 28.7 Å². The maximum absolute atomic E-state index is 4.01. The van der Waals surface area contributed by atoms with Crippen molar-refractivity contribution in [3.05, 3.63) is 74.8 Å². The third-order valence-electron chi connectivity index (χ3n) is 3.60. The van der Waals surface area contributed by atoms with Crippen LogP contribution in [0.5, 0.6) is 0 Å². The minimum Gasteiger partial charge on any atom is -0.262 e. The Morgan fingerprint density at radius 3 is 1.90 bits per heavy atom. The van der Waals surface area contributed by atoms with Gasteiger partial charge in [-0.15, -0.1) is 0 Å². The summed E-state index contributed by atoms with van der Waals surface area (Å²) >= 11 is 0. The predicted molar refractivity (Wildman–Crippen MR) is 104 cm³/mol. The minimum absolute atomic E-state index is 0.685. The van der Waals surface area contributed by atoms with Crippen molar-refractivity contribution >= 4 is 33.0 Å². The highest BCUT2D eigenvalue weighted by atomic mass is 15.1. The zero-order chi connectivity index (χ0) is 19.7. The van der Waals surface area contributed by atoms with Gasteiger partial charge in [-0.3, -0.25) is 10.1 Å². The number of hydrogen-bond acceptors (Lipinski definition) is 10. The van der Waals surface area contributed by atoms with E-state index in [2.05, 4.69) is 55.1 Å². The number of fused-ring (bicyclic) bond motifs is 3. The van der Waals surface area contributed by atoms with Crippen LogP contribution in [0.1, 0.15) is 0 Å². The van der Waals surface area contributed by atoms with Gasteiger partial charge in [0.25, 0.3) is 0 Å². The van der Waals surface area contributed by atoms with E-state index >= 15 is 0 Å². The molecule has 0 unspecified atom stereocenters. The molecule has 0 radical (unpaired) electrons. The molecular weight excluding hydrogens is 370 g/mol. The quantitative estimate of drug-likeness (QED) is 0.412. The summed E-state index contributed by atoms with van der Waals surface area (Å²) in [5.41, 5.74) is 2.35. The monoisotopic (exact) mass is 383 g/mol. The zero-order valence-corrected chi connectivity index (χ0v) is 14.9. The molecule has 0 saturated heterocycles.